The van der Waals surface area contributed by atoms with E-state index in [0.717, 1.165) is 31.8 Å². The van der Waals surface area contributed by atoms with Gasteiger partial charge in [-0.1, -0.05) is 6.07 Å². The summed E-state index contributed by atoms with van der Waals surface area (Å²) in [6.45, 7) is 5.09. The van der Waals surface area contributed by atoms with Crippen LogP contribution in [0.1, 0.15) is 6.92 Å². The van der Waals surface area contributed by atoms with E-state index >= 15 is 0 Å². The quantitative estimate of drug-likeness (QED) is 0.887. The molecule has 6 heteroatoms. The Morgan fingerprint density at radius 2 is 2.10 bits per heavy atom. The monoisotopic (exact) mass is 295 g/mol. The molecule has 0 bridgehead atoms. The predicted molar refractivity (Wildman–Crippen MR) is 75.9 cm³/mol. The van der Waals surface area contributed by atoms with Crippen molar-refractivity contribution in [3.63, 3.8) is 0 Å². The van der Waals surface area contributed by atoms with Gasteiger partial charge in [-0.15, -0.1) is 0 Å². The van der Waals surface area contributed by atoms with Gasteiger partial charge in [-0.05, 0) is 44.0 Å². The minimum absolute atomic E-state index is 0.169. The van der Waals surface area contributed by atoms with Gasteiger partial charge in [-0.3, -0.25) is 9.69 Å². The summed E-state index contributed by atoms with van der Waals surface area (Å²) in [5, 5.41) is 5.70. The summed E-state index contributed by atoms with van der Waals surface area (Å²) in [6, 6.07) is 3.85. The van der Waals surface area contributed by atoms with Gasteiger partial charge in [0.15, 0.2) is 0 Å². The fourth-order valence-corrected chi connectivity index (χ4v) is 3.45. The second-order valence-corrected chi connectivity index (χ2v) is 5.90. The molecule has 0 spiro atoms. The predicted octanol–water partition coefficient (Wildman–Crippen LogP) is 1.44. The molecular weight excluding hydrogens is 276 g/mol. The van der Waals surface area contributed by atoms with Crippen LogP contribution >= 0.6 is 0 Å². The lowest BCUT2D eigenvalue weighted by atomic mass is 9.95. The summed E-state index contributed by atoms with van der Waals surface area (Å²) in [4.78, 5) is 14.1. The number of carbonyl (C=O) groups is 1. The third-order valence-electron chi connectivity index (χ3n) is 4.63. The van der Waals surface area contributed by atoms with Gasteiger partial charge < -0.3 is 10.6 Å². The van der Waals surface area contributed by atoms with Crippen molar-refractivity contribution in [2.24, 2.45) is 11.8 Å². The maximum Gasteiger partial charge on any atom is 0.238 e. The smallest absolute Gasteiger partial charge is 0.238 e. The normalized spacial score (nSPS) is 28.6. The van der Waals surface area contributed by atoms with Crippen LogP contribution in [0.25, 0.3) is 0 Å². The lowest BCUT2D eigenvalue weighted by molar-refractivity contribution is -0.117. The fraction of sp³-hybridized carbons (Fsp3) is 0.533. The summed E-state index contributed by atoms with van der Waals surface area (Å²) >= 11 is 0. The molecule has 0 radical (unpaired) electrons. The van der Waals surface area contributed by atoms with E-state index in [1.807, 2.05) is 0 Å². The van der Waals surface area contributed by atoms with Gasteiger partial charge in [-0.25, -0.2) is 8.78 Å². The Labute approximate surface area is 122 Å². The van der Waals surface area contributed by atoms with Crippen molar-refractivity contribution in [1.29, 1.82) is 0 Å². The van der Waals surface area contributed by atoms with Crippen LogP contribution in [0.3, 0.4) is 0 Å². The molecule has 21 heavy (non-hydrogen) atoms. The van der Waals surface area contributed by atoms with Crippen molar-refractivity contribution in [2.45, 2.75) is 13.0 Å². The van der Waals surface area contributed by atoms with Crippen molar-refractivity contribution in [3.05, 3.63) is 29.8 Å². The molecule has 1 amide bonds. The average molecular weight is 295 g/mol. The second kappa shape index (κ2) is 5.69. The SMILES string of the molecule is CC1C2CNCC2CN1CC(=O)Nc1c(F)cccc1F. The number of likely N-dealkylation sites (tertiary alicyclic amines) is 1. The van der Waals surface area contributed by atoms with Crippen LogP contribution in [-0.4, -0.2) is 43.0 Å². The van der Waals surface area contributed by atoms with Crippen LogP contribution < -0.4 is 10.6 Å². The molecular formula is C15H19F2N3O. The first-order valence-electron chi connectivity index (χ1n) is 7.25. The Balaban J connectivity index is 1.62. The average Bonchev–Trinajstić information content (AvgIpc) is 2.99. The van der Waals surface area contributed by atoms with E-state index in [4.69, 9.17) is 0 Å². The zero-order chi connectivity index (χ0) is 15.0. The maximum atomic E-state index is 13.5. The van der Waals surface area contributed by atoms with Gasteiger partial charge in [-0.2, -0.15) is 0 Å². The van der Waals surface area contributed by atoms with E-state index in [-0.39, 0.29) is 18.1 Å². The van der Waals surface area contributed by atoms with Crippen molar-refractivity contribution in [2.75, 3.05) is 31.5 Å². The number of nitrogens with one attached hydrogen (secondary N) is 2. The Morgan fingerprint density at radius 3 is 2.76 bits per heavy atom. The van der Waals surface area contributed by atoms with E-state index in [2.05, 4.69) is 22.5 Å². The summed E-state index contributed by atoms with van der Waals surface area (Å²) in [6.07, 6.45) is 0. The highest BCUT2D eigenvalue weighted by molar-refractivity contribution is 5.92. The number of nitrogens with zero attached hydrogens (tertiary/aromatic N) is 1. The minimum atomic E-state index is -0.751. The number of hydrogen-bond acceptors (Lipinski definition) is 3. The van der Waals surface area contributed by atoms with Crippen LogP contribution in [0.4, 0.5) is 14.5 Å². The molecule has 2 fully saturated rings. The Bertz CT molecular complexity index is 531. The van der Waals surface area contributed by atoms with E-state index in [1.54, 1.807) is 0 Å². The molecule has 0 aromatic heterocycles. The summed E-state index contributed by atoms with van der Waals surface area (Å²) in [5.74, 6) is -0.752. The van der Waals surface area contributed by atoms with Crippen molar-refractivity contribution >= 4 is 11.6 Å². The van der Waals surface area contributed by atoms with E-state index in [1.165, 1.54) is 6.07 Å². The number of benzene rings is 1. The molecule has 4 nitrogen and oxygen atoms in total. The number of halogens is 2. The fourth-order valence-electron chi connectivity index (χ4n) is 3.45. The summed E-state index contributed by atoms with van der Waals surface area (Å²) < 4.78 is 27.0. The minimum Gasteiger partial charge on any atom is -0.320 e. The Kier molecular flexibility index (Phi) is 3.91. The molecule has 3 atom stereocenters. The van der Waals surface area contributed by atoms with Crippen molar-refractivity contribution < 1.29 is 13.6 Å². The topological polar surface area (TPSA) is 44.4 Å². The molecule has 114 valence electrons. The van der Waals surface area contributed by atoms with Crippen LogP contribution in [0.15, 0.2) is 18.2 Å². The highest BCUT2D eigenvalue weighted by Gasteiger charge is 2.42. The molecule has 3 rings (SSSR count). The molecule has 2 heterocycles. The van der Waals surface area contributed by atoms with Gasteiger partial charge >= 0.3 is 0 Å². The standard InChI is InChI=1S/C15H19F2N3O/c1-9-11-6-18-5-10(11)7-20(9)8-14(21)19-15-12(16)3-2-4-13(15)17/h2-4,9-11,18H,5-8H2,1H3,(H,19,21). The van der Waals surface area contributed by atoms with Crippen molar-refractivity contribution in [1.82, 2.24) is 10.2 Å². The molecule has 2 aliphatic heterocycles. The van der Waals surface area contributed by atoms with Gasteiger partial charge in [0.25, 0.3) is 0 Å². The summed E-state index contributed by atoms with van der Waals surface area (Å²) in [7, 11) is 0. The summed E-state index contributed by atoms with van der Waals surface area (Å²) in [5.41, 5.74) is -0.365. The highest BCUT2D eigenvalue weighted by Crippen LogP contribution is 2.32. The van der Waals surface area contributed by atoms with E-state index < -0.39 is 11.6 Å². The number of carbonyl (C=O) groups excluding carboxylic acids is 1. The third-order valence-corrected chi connectivity index (χ3v) is 4.63. The number of anilines is 1. The number of amides is 1. The number of hydrogen-bond donors (Lipinski definition) is 2. The van der Waals surface area contributed by atoms with Crippen LogP contribution in [0.2, 0.25) is 0 Å². The molecule has 1 aromatic rings. The Hall–Kier alpha value is -1.53. The van der Waals surface area contributed by atoms with Gasteiger partial charge in [0.1, 0.15) is 17.3 Å². The number of para-hydroxylation sites is 1. The lowest BCUT2D eigenvalue weighted by Gasteiger charge is -2.23. The van der Waals surface area contributed by atoms with Crippen LogP contribution in [-0.2, 0) is 4.79 Å². The number of rotatable bonds is 3. The lowest BCUT2D eigenvalue weighted by Crippen LogP contribution is -2.39. The second-order valence-electron chi connectivity index (χ2n) is 5.90. The first-order valence-corrected chi connectivity index (χ1v) is 7.25. The largest absolute Gasteiger partial charge is 0.320 e. The molecule has 1 aromatic carbocycles. The zero-order valence-corrected chi connectivity index (χ0v) is 11.9. The maximum absolute atomic E-state index is 13.5. The van der Waals surface area contributed by atoms with Gasteiger partial charge in [0.2, 0.25) is 5.91 Å². The van der Waals surface area contributed by atoms with Crippen LogP contribution in [0.5, 0.6) is 0 Å². The highest BCUT2D eigenvalue weighted by atomic mass is 19.1. The van der Waals surface area contributed by atoms with E-state index in [0.29, 0.717) is 17.9 Å². The molecule has 3 unspecified atom stereocenters. The number of fused-ring (bicyclic) bond motifs is 1. The first kappa shape index (κ1) is 14.4. The molecule has 2 aliphatic rings. The first-order chi connectivity index (χ1) is 10.1. The molecule has 2 saturated heterocycles. The zero-order valence-electron chi connectivity index (χ0n) is 11.9. The van der Waals surface area contributed by atoms with Gasteiger partial charge in [0, 0.05) is 12.6 Å². The third kappa shape index (κ3) is 2.78. The molecule has 0 saturated carbocycles. The molecule has 0 aliphatic carbocycles. The van der Waals surface area contributed by atoms with E-state index in [9.17, 15) is 13.6 Å². The molecule has 2 N–H and O–H groups in total. The van der Waals surface area contributed by atoms with Gasteiger partial charge in [0.05, 0.1) is 6.54 Å². The van der Waals surface area contributed by atoms with Crippen LogP contribution in [0, 0.1) is 23.5 Å². The van der Waals surface area contributed by atoms with Crippen molar-refractivity contribution in [3.8, 4) is 0 Å². The Morgan fingerprint density at radius 1 is 1.38 bits per heavy atom.